The summed E-state index contributed by atoms with van der Waals surface area (Å²) < 4.78 is 0. The van der Waals surface area contributed by atoms with E-state index in [4.69, 9.17) is 0 Å². The van der Waals surface area contributed by atoms with Crippen LogP contribution in [0.2, 0.25) is 0 Å². The van der Waals surface area contributed by atoms with E-state index in [0.29, 0.717) is 5.41 Å². The van der Waals surface area contributed by atoms with Gasteiger partial charge in [-0.05, 0) is 49.6 Å². The van der Waals surface area contributed by atoms with Gasteiger partial charge in [0.05, 0.1) is 0 Å². The quantitative estimate of drug-likeness (QED) is 0.749. The summed E-state index contributed by atoms with van der Waals surface area (Å²) >= 11 is 0. The van der Waals surface area contributed by atoms with E-state index in [2.05, 4.69) is 31.4 Å². The van der Waals surface area contributed by atoms with Crippen LogP contribution in [0, 0.1) is 17.3 Å². The Hall–Kier alpha value is -0.0800. The fourth-order valence-electron chi connectivity index (χ4n) is 3.01. The molecule has 0 radical (unpaired) electrons. The molecule has 2 rings (SSSR count). The Bertz CT molecular complexity index is 219. The maximum atomic E-state index is 3.77. The summed E-state index contributed by atoms with van der Waals surface area (Å²) in [5.74, 6) is 1.83. The standard InChI is InChI=1S/C14H28N2/c1-4-11-8-13(11)16-10-14(2,3)12-6-5-7-15-9-12/h11-13,15-16H,4-10H2,1-3H3. The first-order valence-electron chi connectivity index (χ1n) is 7.07. The first kappa shape index (κ1) is 12.4. The van der Waals surface area contributed by atoms with Gasteiger partial charge in [0.1, 0.15) is 0 Å². The molecule has 94 valence electrons. The minimum atomic E-state index is 0.453. The van der Waals surface area contributed by atoms with Gasteiger partial charge in [0.2, 0.25) is 0 Å². The Labute approximate surface area is 101 Å². The van der Waals surface area contributed by atoms with Crippen molar-refractivity contribution in [2.45, 2.75) is 52.5 Å². The van der Waals surface area contributed by atoms with Gasteiger partial charge in [-0.1, -0.05) is 27.2 Å². The zero-order valence-electron chi connectivity index (χ0n) is 11.2. The summed E-state index contributed by atoms with van der Waals surface area (Å²) in [4.78, 5) is 0. The molecule has 0 spiro atoms. The lowest BCUT2D eigenvalue weighted by molar-refractivity contribution is 0.165. The smallest absolute Gasteiger partial charge is 0.00992 e. The van der Waals surface area contributed by atoms with Gasteiger partial charge in [0.15, 0.2) is 0 Å². The Morgan fingerprint density at radius 1 is 1.38 bits per heavy atom. The first-order valence-corrected chi connectivity index (χ1v) is 7.07. The molecule has 0 aromatic carbocycles. The van der Waals surface area contributed by atoms with Crippen molar-refractivity contribution in [3.8, 4) is 0 Å². The SMILES string of the molecule is CCC1CC1NCC(C)(C)C1CCCNC1. The van der Waals surface area contributed by atoms with E-state index in [1.54, 1.807) is 0 Å². The zero-order valence-corrected chi connectivity index (χ0v) is 11.2. The number of nitrogens with one attached hydrogen (secondary N) is 2. The fourth-order valence-corrected chi connectivity index (χ4v) is 3.01. The van der Waals surface area contributed by atoms with Crippen molar-refractivity contribution in [1.29, 1.82) is 0 Å². The van der Waals surface area contributed by atoms with Crippen molar-refractivity contribution >= 4 is 0 Å². The Balaban J connectivity index is 1.73. The van der Waals surface area contributed by atoms with Crippen molar-refractivity contribution in [2.24, 2.45) is 17.3 Å². The van der Waals surface area contributed by atoms with Crippen LogP contribution < -0.4 is 10.6 Å². The van der Waals surface area contributed by atoms with Crippen LogP contribution in [0.5, 0.6) is 0 Å². The lowest BCUT2D eigenvalue weighted by atomic mass is 9.75. The minimum absolute atomic E-state index is 0.453. The van der Waals surface area contributed by atoms with E-state index >= 15 is 0 Å². The molecule has 16 heavy (non-hydrogen) atoms. The van der Waals surface area contributed by atoms with Gasteiger partial charge in [-0.15, -0.1) is 0 Å². The van der Waals surface area contributed by atoms with E-state index in [1.807, 2.05) is 0 Å². The first-order chi connectivity index (χ1) is 7.63. The average Bonchev–Trinajstić information content (AvgIpc) is 3.06. The third kappa shape index (κ3) is 2.98. The summed E-state index contributed by atoms with van der Waals surface area (Å²) in [7, 11) is 0. The molecule has 0 aromatic rings. The summed E-state index contributed by atoms with van der Waals surface area (Å²) in [6.45, 7) is 10.8. The van der Waals surface area contributed by atoms with Crippen LogP contribution >= 0.6 is 0 Å². The average molecular weight is 224 g/mol. The van der Waals surface area contributed by atoms with Gasteiger partial charge in [-0.3, -0.25) is 0 Å². The van der Waals surface area contributed by atoms with E-state index in [9.17, 15) is 0 Å². The highest BCUT2D eigenvalue weighted by Crippen LogP contribution is 2.36. The van der Waals surface area contributed by atoms with E-state index in [1.165, 1.54) is 45.3 Å². The summed E-state index contributed by atoms with van der Waals surface area (Å²) in [6.07, 6.45) is 5.53. The van der Waals surface area contributed by atoms with Gasteiger partial charge < -0.3 is 10.6 Å². The van der Waals surface area contributed by atoms with Gasteiger partial charge in [-0.2, -0.15) is 0 Å². The lowest BCUT2D eigenvalue weighted by Gasteiger charge is -2.37. The third-order valence-corrected chi connectivity index (χ3v) is 4.67. The Kier molecular flexibility index (Phi) is 3.91. The molecule has 1 saturated carbocycles. The number of hydrogen-bond acceptors (Lipinski definition) is 2. The molecule has 2 nitrogen and oxygen atoms in total. The second-order valence-electron chi connectivity index (χ2n) is 6.42. The molecule has 2 aliphatic rings. The topological polar surface area (TPSA) is 24.1 Å². The van der Waals surface area contributed by atoms with Crippen molar-refractivity contribution < 1.29 is 0 Å². The molecule has 2 fully saturated rings. The van der Waals surface area contributed by atoms with Crippen molar-refractivity contribution in [2.75, 3.05) is 19.6 Å². The van der Waals surface area contributed by atoms with E-state index < -0.39 is 0 Å². The summed E-state index contributed by atoms with van der Waals surface area (Å²) in [6, 6.07) is 0.834. The molecule has 2 heteroatoms. The molecule has 0 bridgehead atoms. The number of hydrogen-bond donors (Lipinski definition) is 2. The fraction of sp³-hybridized carbons (Fsp3) is 1.00. The molecular weight excluding hydrogens is 196 g/mol. The number of piperidine rings is 1. The van der Waals surface area contributed by atoms with Crippen LogP contribution in [0.15, 0.2) is 0 Å². The monoisotopic (exact) mass is 224 g/mol. The molecule has 1 aliphatic carbocycles. The van der Waals surface area contributed by atoms with Crippen molar-refractivity contribution in [1.82, 2.24) is 10.6 Å². The normalized spacial score (nSPS) is 35.1. The van der Waals surface area contributed by atoms with Crippen LogP contribution in [0.1, 0.15) is 46.5 Å². The van der Waals surface area contributed by atoms with Gasteiger partial charge in [0.25, 0.3) is 0 Å². The Morgan fingerprint density at radius 2 is 2.19 bits per heavy atom. The molecule has 1 aliphatic heterocycles. The van der Waals surface area contributed by atoms with E-state index in [-0.39, 0.29) is 0 Å². The Morgan fingerprint density at radius 3 is 2.75 bits per heavy atom. The second kappa shape index (κ2) is 5.05. The molecule has 0 aromatic heterocycles. The maximum absolute atomic E-state index is 3.77. The van der Waals surface area contributed by atoms with Crippen molar-refractivity contribution in [3.63, 3.8) is 0 Å². The van der Waals surface area contributed by atoms with Crippen LogP contribution in [0.3, 0.4) is 0 Å². The highest BCUT2D eigenvalue weighted by molar-refractivity contribution is 4.94. The molecule has 0 amide bonds. The predicted molar refractivity (Wildman–Crippen MR) is 69.6 cm³/mol. The zero-order chi connectivity index (χ0) is 11.6. The van der Waals surface area contributed by atoms with Gasteiger partial charge >= 0.3 is 0 Å². The summed E-state index contributed by atoms with van der Waals surface area (Å²) in [5, 5.41) is 7.30. The molecule has 2 N–H and O–H groups in total. The predicted octanol–water partition coefficient (Wildman–Crippen LogP) is 2.40. The number of rotatable bonds is 5. The highest BCUT2D eigenvalue weighted by atomic mass is 15.0. The molecule has 1 heterocycles. The molecule has 3 unspecified atom stereocenters. The van der Waals surface area contributed by atoms with Crippen LogP contribution in [0.25, 0.3) is 0 Å². The molecule has 3 atom stereocenters. The third-order valence-electron chi connectivity index (χ3n) is 4.67. The highest BCUT2D eigenvalue weighted by Gasteiger charge is 2.37. The van der Waals surface area contributed by atoms with Crippen LogP contribution in [-0.2, 0) is 0 Å². The minimum Gasteiger partial charge on any atom is -0.316 e. The van der Waals surface area contributed by atoms with Crippen molar-refractivity contribution in [3.05, 3.63) is 0 Å². The lowest BCUT2D eigenvalue weighted by Crippen LogP contribution is -2.44. The summed E-state index contributed by atoms with van der Waals surface area (Å²) in [5.41, 5.74) is 0.453. The van der Waals surface area contributed by atoms with Gasteiger partial charge in [0, 0.05) is 12.6 Å². The van der Waals surface area contributed by atoms with E-state index in [0.717, 1.165) is 17.9 Å². The van der Waals surface area contributed by atoms with Crippen LogP contribution in [-0.4, -0.2) is 25.7 Å². The maximum Gasteiger partial charge on any atom is 0.00992 e. The second-order valence-corrected chi connectivity index (χ2v) is 6.42. The molecule has 1 saturated heterocycles. The van der Waals surface area contributed by atoms with Gasteiger partial charge in [-0.25, -0.2) is 0 Å². The largest absolute Gasteiger partial charge is 0.316 e. The van der Waals surface area contributed by atoms with Crippen LogP contribution in [0.4, 0.5) is 0 Å². The molecular formula is C14H28N2.